The van der Waals surface area contributed by atoms with Crippen molar-refractivity contribution in [3.63, 3.8) is 0 Å². The Morgan fingerprint density at radius 3 is 2.32 bits per heavy atom. The van der Waals surface area contributed by atoms with E-state index in [9.17, 15) is 17.6 Å². The maximum atomic E-state index is 13.2. The molecule has 25 heavy (non-hydrogen) atoms. The van der Waals surface area contributed by atoms with E-state index < -0.39 is 9.84 Å². The first-order valence-electron chi connectivity index (χ1n) is 7.72. The van der Waals surface area contributed by atoms with Gasteiger partial charge in [-0.05, 0) is 28.8 Å². The topological polar surface area (TPSA) is 66.5 Å². The minimum absolute atomic E-state index is 0.00396. The Morgan fingerprint density at radius 2 is 1.72 bits per heavy atom. The van der Waals surface area contributed by atoms with Gasteiger partial charge in [-0.1, -0.05) is 36.4 Å². The first kappa shape index (κ1) is 18.9. The molecule has 0 atom stereocenters. The average molecular weight is 364 g/mol. The van der Waals surface area contributed by atoms with E-state index in [-0.39, 0.29) is 17.6 Å². The van der Waals surface area contributed by atoms with Gasteiger partial charge < -0.3 is 10.2 Å². The van der Waals surface area contributed by atoms with Crippen molar-refractivity contribution in [1.82, 2.24) is 10.2 Å². The zero-order valence-corrected chi connectivity index (χ0v) is 15.0. The SMILES string of the molecule is CN(Cc1cccc(F)c1)C(=O)NCc1ccc(CS(C)(=O)=O)cc1. The molecule has 0 aliphatic heterocycles. The van der Waals surface area contributed by atoms with Crippen molar-refractivity contribution < 1.29 is 17.6 Å². The van der Waals surface area contributed by atoms with Crippen LogP contribution in [0.2, 0.25) is 0 Å². The van der Waals surface area contributed by atoms with E-state index in [1.54, 1.807) is 43.4 Å². The number of amides is 2. The van der Waals surface area contributed by atoms with Gasteiger partial charge in [0.2, 0.25) is 0 Å². The number of benzene rings is 2. The van der Waals surface area contributed by atoms with Crippen LogP contribution >= 0.6 is 0 Å². The van der Waals surface area contributed by atoms with Crippen LogP contribution in [0.15, 0.2) is 48.5 Å². The minimum Gasteiger partial charge on any atom is -0.334 e. The molecule has 0 fully saturated rings. The number of rotatable bonds is 6. The normalized spacial score (nSPS) is 11.2. The van der Waals surface area contributed by atoms with E-state index in [2.05, 4.69) is 5.32 Å². The van der Waals surface area contributed by atoms with Crippen LogP contribution in [0, 0.1) is 5.82 Å². The number of halogens is 1. The van der Waals surface area contributed by atoms with E-state index in [1.165, 1.54) is 23.3 Å². The fourth-order valence-corrected chi connectivity index (χ4v) is 3.15. The van der Waals surface area contributed by atoms with Crippen LogP contribution in [-0.4, -0.2) is 32.7 Å². The summed E-state index contributed by atoms with van der Waals surface area (Å²) in [7, 11) is -1.43. The third-order valence-electron chi connectivity index (χ3n) is 3.55. The van der Waals surface area contributed by atoms with Gasteiger partial charge in [-0.15, -0.1) is 0 Å². The third kappa shape index (κ3) is 6.54. The smallest absolute Gasteiger partial charge is 0.317 e. The van der Waals surface area contributed by atoms with Crippen LogP contribution in [0.5, 0.6) is 0 Å². The van der Waals surface area contributed by atoms with Crippen LogP contribution < -0.4 is 5.32 Å². The molecule has 0 aliphatic carbocycles. The first-order valence-corrected chi connectivity index (χ1v) is 9.78. The van der Waals surface area contributed by atoms with Crippen molar-refractivity contribution >= 4 is 15.9 Å². The van der Waals surface area contributed by atoms with Crippen molar-refractivity contribution in [2.24, 2.45) is 0 Å². The molecule has 0 radical (unpaired) electrons. The summed E-state index contributed by atoms with van der Waals surface area (Å²) >= 11 is 0. The van der Waals surface area contributed by atoms with Crippen molar-refractivity contribution in [3.8, 4) is 0 Å². The van der Waals surface area contributed by atoms with Crippen molar-refractivity contribution in [1.29, 1.82) is 0 Å². The quantitative estimate of drug-likeness (QED) is 0.857. The summed E-state index contributed by atoms with van der Waals surface area (Å²) in [6.07, 6.45) is 1.19. The molecule has 2 aromatic carbocycles. The average Bonchev–Trinajstić information content (AvgIpc) is 2.52. The summed E-state index contributed by atoms with van der Waals surface area (Å²) in [5.74, 6) is -0.337. The van der Waals surface area contributed by atoms with Crippen molar-refractivity contribution in [2.45, 2.75) is 18.8 Å². The maximum absolute atomic E-state index is 13.2. The summed E-state index contributed by atoms with van der Waals surface area (Å²) < 4.78 is 35.7. The van der Waals surface area contributed by atoms with E-state index in [0.29, 0.717) is 24.2 Å². The molecule has 2 aromatic rings. The molecule has 0 unspecified atom stereocenters. The molecule has 0 aliphatic rings. The van der Waals surface area contributed by atoms with E-state index >= 15 is 0 Å². The van der Waals surface area contributed by atoms with Gasteiger partial charge in [0.1, 0.15) is 5.82 Å². The second-order valence-corrected chi connectivity index (χ2v) is 8.17. The molecular formula is C18H21FN2O3S. The van der Waals surface area contributed by atoms with Gasteiger partial charge in [0.15, 0.2) is 9.84 Å². The van der Waals surface area contributed by atoms with Crippen molar-refractivity contribution in [3.05, 3.63) is 71.0 Å². The van der Waals surface area contributed by atoms with Gasteiger partial charge in [-0.2, -0.15) is 0 Å². The summed E-state index contributed by atoms with van der Waals surface area (Å²) in [5.41, 5.74) is 2.29. The summed E-state index contributed by atoms with van der Waals surface area (Å²) in [4.78, 5) is 13.6. The molecule has 0 bridgehead atoms. The molecule has 0 heterocycles. The van der Waals surface area contributed by atoms with E-state index in [1.807, 2.05) is 0 Å². The Bertz CT molecular complexity index is 836. The number of urea groups is 1. The Balaban J connectivity index is 1.86. The Hall–Kier alpha value is -2.41. The summed E-state index contributed by atoms with van der Waals surface area (Å²) in [5, 5.41) is 2.78. The predicted octanol–water partition coefficient (Wildman–Crippen LogP) is 2.71. The molecule has 2 amide bonds. The highest BCUT2D eigenvalue weighted by Gasteiger charge is 2.09. The fourth-order valence-electron chi connectivity index (χ4n) is 2.35. The number of carbonyl (C=O) groups is 1. The number of sulfone groups is 1. The Kier molecular flexibility index (Phi) is 6.14. The molecule has 2 rings (SSSR count). The van der Waals surface area contributed by atoms with Crippen LogP contribution in [0.1, 0.15) is 16.7 Å². The van der Waals surface area contributed by atoms with Gasteiger partial charge in [0.25, 0.3) is 0 Å². The van der Waals surface area contributed by atoms with Crippen LogP contribution in [-0.2, 0) is 28.7 Å². The van der Waals surface area contributed by atoms with Crippen LogP contribution in [0.25, 0.3) is 0 Å². The minimum atomic E-state index is -3.06. The van der Waals surface area contributed by atoms with Crippen LogP contribution in [0.3, 0.4) is 0 Å². The highest BCUT2D eigenvalue weighted by Crippen LogP contribution is 2.09. The molecule has 0 saturated carbocycles. The number of hydrogen-bond acceptors (Lipinski definition) is 3. The van der Waals surface area contributed by atoms with E-state index in [4.69, 9.17) is 0 Å². The predicted molar refractivity (Wildman–Crippen MR) is 95.1 cm³/mol. The van der Waals surface area contributed by atoms with Gasteiger partial charge in [-0.25, -0.2) is 17.6 Å². The summed E-state index contributed by atoms with van der Waals surface area (Å²) in [6, 6.07) is 12.9. The fraction of sp³-hybridized carbons (Fsp3) is 0.278. The van der Waals surface area contributed by atoms with Gasteiger partial charge >= 0.3 is 6.03 Å². The lowest BCUT2D eigenvalue weighted by Crippen LogP contribution is -2.36. The largest absolute Gasteiger partial charge is 0.334 e. The standard InChI is InChI=1S/C18H21FN2O3S/c1-21(12-16-4-3-5-17(19)10-16)18(22)20-11-14-6-8-15(9-7-14)13-25(2,23)24/h3-10H,11-13H2,1-2H3,(H,20,22). The lowest BCUT2D eigenvalue weighted by molar-refractivity contribution is 0.206. The zero-order valence-electron chi connectivity index (χ0n) is 14.2. The number of nitrogens with zero attached hydrogens (tertiary/aromatic N) is 1. The second-order valence-electron chi connectivity index (χ2n) is 6.03. The monoisotopic (exact) mass is 364 g/mol. The molecule has 0 aromatic heterocycles. The zero-order chi connectivity index (χ0) is 18.4. The first-order chi connectivity index (χ1) is 11.7. The van der Waals surface area contributed by atoms with Crippen molar-refractivity contribution in [2.75, 3.05) is 13.3 Å². The molecule has 1 N–H and O–H groups in total. The highest BCUT2D eigenvalue weighted by molar-refractivity contribution is 7.89. The maximum Gasteiger partial charge on any atom is 0.317 e. The lowest BCUT2D eigenvalue weighted by atomic mass is 10.1. The second kappa shape index (κ2) is 8.11. The van der Waals surface area contributed by atoms with Gasteiger partial charge in [0, 0.05) is 26.4 Å². The Labute approximate surface area is 147 Å². The highest BCUT2D eigenvalue weighted by atomic mass is 32.2. The lowest BCUT2D eigenvalue weighted by Gasteiger charge is -2.18. The van der Waals surface area contributed by atoms with Gasteiger partial charge in [-0.3, -0.25) is 0 Å². The Morgan fingerprint density at radius 1 is 1.08 bits per heavy atom. The molecule has 7 heteroatoms. The molecule has 0 saturated heterocycles. The van der Waals surface area contributed by atoms with E-state index in [0.717, 1.165) is 5.56 Å². The van der Waals surface area contributed by atoms with Crippen LogP contribution in [0.4, 0.5) is 9.18 Å². The number of carbonyl (C=O) groups excluding carboxylic acids is 1. The molecule has 0 spiro atoms. The summed E-state index contributed by atoms with van der Waals surface area (Å²) in [6.45, 7) is 0.627. The third-order valence-corrected chi connectivity index (χ3v) is 4.41. The molecule has 134 valence electrons. The van der Waals surface area contributed by atoms with Gasteiger partial charge in [0.05, 0.1) is 5.75 Å². The molecule has 5 nitrogen and oxygen atoms in total. The number of hydrogen-bond donors (Lipinski definition) is 1. The number of nitrogens with one attached hydrogen (secondary N) is 1. The molecular weight excluding hydrogens is 343 g/mol.